The van der Waals surface area contributed by atoms with Crippen LogP contribution in [0.1, 0.15) is 29.3 Å². The predicted molar refractivity (Wildman–Crippen MR) is 126 cm³/mol. The van der Waals surface area contributed by atoms with E-state index >= 15 is 0 Å². The van der Waals surface area contributed by atoms with E-state index in [4.69, 9.17) is 4.74 Å². The molecular formula is C25H27N3O3S. The van der Waals surface area contributed by atoms with Gasteiger partial charge in [-0.15, -0.1) is 11.3 Å². The molecule has 1 fully saturated rings. The maximum Gasteiger partial charge on any atom is 0.259 e. The second-order valence-corrected chi connectivity index (χ2v) is 8.93. The quantitative estimate of drug-likeness (QED) is 0.591. The van der Waals surface area contributed by atoms with Gasteiger partial charge in [-0.2, -0.15) is 0 Å². The van der Waals surface area contributed by atoms with Crippen molar-refractivity contribution in [3.8, 4) is 16.3 Å². The fraction of sp³-hybridized carbons (Fsp3) is 0.320. The normalized spacial score (nSPS) is 17.9. The van der Waals surface area contributed by atoms with E-state index in [1.54, 1.807) is 41.6 Å². The SMILES string of the molecule is CCOc1ncccc1C(=O)N1CCC(Cc2cccc(-c3cccs3)c2)(C(=O)NC)C1. The first-order valence-electron chi connectivity index (χ1n) is 10.8. The van der Waals surface area contributed by atoms with E-state index in [1.807, 2.05) is 19.1 Å². The molecule has 1 unspecified atom stereocenters. The van der Waals surface area contributed by atoms with E-state index in [-0.39, 0.29) is 11.8 Å². The maximum absolute atomic E-state index is 13.3. The van der Waals surface area contributed by atoms with E-state index in [0.29, 0.717) is 44.0 Å². The summed E-state index contributed by atoms with van der Waals surface area (Å²) in [4.78, 5) is 33.5. The molecule has 1 aliphatic heterocycles. The van der Waals surface area contributed by atoms with E-state index in [2.05, 4.69) is 39.9 Å². The van der Waals surface area contributed by atoms with Crippen LogP contribution in [0, 0.1) is 5.41 Å². The van der Waals surface area contributed by atoms with E-state index in [9.17, 15) is 9.59 Å². The van der Waals surface area contributed by atoms with Crippen molar-refractivity contribution in [1.29, 1.82) is 0 Å². The summed E-state index contributed by atoms with van der Waals surface area (Å²) in [6, 6.07) is 15.9. The number of hydrogen-bond donors (Lipinski definition) is 1. The zero-order chi connectivity index (χ0) is 22.6. The Kier molecular flexibility index (Phi) is 6.55. The Morgan fingerprint density at radius 2 is 2.09 bits per heavy atom. The number of nitrogens with zero attached hydrogens (tertiary/aromatic N) is 2. The number of amides is 2. The van der Waals surface area contributed by atoms with Gasteiger partial charge in [0.1, 0.15) is 5.56 Å². The summed E-state index contributed by atoms with van der Waals surface area (Å²) in [5.41, 5.74) is 1.99. The number of hydrogen-bond acceptors (Lipinski definition) is 5. The fourth-order valence-electron chi connectivity index (χ4n) is 4.36. The predicted octanol–water partition coefficient (Wildman–Crippen LogP) is 4.03. The minimum atomic E-state index is -0.674. The van der Waals surface area contributed by atoms with Gasteiger partial charge in [-0.25, -0.2) is 4.98 Å². The molecule has 1 atom stereocenters. The lowest BCUT2D eigenvalue weighted by Gasteiger charge is -2.28. The Labute approximate surface area is 192 Å². The molecule has 0 spiro atoms. The average molecular weight is 450 g/mol. The number of benzene rings is 1. The van der Waals surface area contributed by atoms with Crippen molar-refractivity contribution in [2.75, 3.05) is 26.7 Å². The molecule has 166 valence electrons. The zero-order valence-electron chi connectivity index (χ0n) is 18.3. The summed E-state index contributed by atoms with van der Waals surface area (Å²) in [5.74, 6) is 0.145. The number of thiophene rings is 1. The van der Waals surface area contributed by atoms with Gasteiger partial charge in [0.15, 0.2) is 0 Å². The number of carbonyl (C=O) groups excluding carboxylic acids is 2. The van der Waals surface area contributed by atoms with Crippen LogP contribution in [0.3, 0.4) is 0 Å². The van der Waals surface area contributed by atoms with Crippen LogP contribution in [0.25, 0.3) is 10.4 Å². The van der Waals surface area contributed by atoms with Crippen molar-refractivity contribution in [3.05, 3.63) is 71.2 Å². The van der Waals surface area contributed by atoms with Gasteiger partial charge in [-0.05, 0) is 54.5 Å². The molecule has 0 saturated carbocycles. The maximum atomic E-state index is 13.3. The number of rotatable bonds is 7. The Morgan fingerprint density at radius 1 is 1.22 bits per heavy atom. The van der Waals surface area contributed by atoms with Gasteiger partial charge < -0.3 is 15.0 Å². The molecule has 3 aromatic rings. The molecule has 1 aromatic carbocycles. The Bertz CT molecular complexity index is 1100. The lowest BCUT2D eigenvalue weighted by Crippen LogP contribution is -2.44. The van der Waals surface area contributed by atoms with Crippen LogP contribution in [0.5, 0.6) is 5.88 Å². The van der Waals surface area contributed by atoms with E-state index in [0.717, 1.165) is 11.1 Å². The zero-order valence-corrected chi connectivity index (χ0v) is 19.2. The monoisotopic (exact) mass is 449 g/mol. The minimum absolute atomic E-state index is 0.0365. The molecule has 2 amide bonds. The summed E-state index contributed by atoms with van der Waals surface area (Å²) < 4.78 is 5.55. The van der Waals surface area contributed by atoms with Crippen LogP contribution in [0.15, 0.2) is 60.1 Å². The van der Waals surface area contributed by atoms with Crippen LogP contribution >= 0.6 is 11.3 Å². The van der Waals surface area contributed by atoms with Crippen LogP contribution in [-0.4, -0.2) is 48.4 Å². The number of carbonyl (C=O) groups is 2. The highest BCUT2D eigenvalue weighted by Crippen LogP contribution is 2.37. The highest BCUT2D eigenvalue weighted by atomic mass is 32.1. The Hall–Kier alpha value is -3.19. The first-order chi connectivity index (χ1) is 15.6. The standard InChI is InChI=1S/C25H27N3O3S/c1-3-31-22-20(9-5-12-27-22)23(29)28-13-11-25(17-28,24(30)26-2)16-18-7-4-8-19(15-18)21-10-6-14-32-21/h4-10,12,14-15H,3,11,13,16-17H2,1-2H3,(H,26,30). The lowest BCUT2D eigenvalue weighted by atomic mass is 9.79. The fourth-order valence-corrected chi connectivity index (χ4v) is 5.09. The second-order valence-electron chi connectivity index (χ2n) is 7.98. The highest BCUT2D eigenvalue weighted by Gasteiger charge is 2.46. The summed E-state index contributed by atoms with van der Waals surface area (Å²) >= 11 is 1.69. The molecule has 1 saturated heterocycles. The molecule has 0 aliphatic carbocycles. The minimum Gasteiger partial charge on any atom is -0.477 e. The van der Waals surface area contributed by atoms with Gasteiger partial charge in [-0.1, -0.05) is 30.3 Å². The number of likely N-dealkylation sites (tertiary alicyclic amines) is 1. The number of ether oxygens (including phenoxy) is 1. The summed E-state index contributed by atoms with van der Waals surface area (Å²) in [6.07, 6.45) is 2.79. The van der Waals surface area contributed by atoms with Gasteiger partial charge >= 0.3 is 0 Å². The third-order valence-electron chi connectivity index (χ3n) is 5.91. The molecule has 1 aliphatic rings. The van der Waals surface area contributed by atoms with Crippen molar-refractivity contribution < 1.29 is 14.3 Å². The molecule has 3 heterocycles. The molecule has 0 radical (unpaired) electrons. The highest BCUT2D eigenvalue weighted by molar-refractivity contribution is 7.13. The first-order valence-corrected chi connectivity index (χ1v) is 11.7. The Balaban J connectivity index is 1.58. The summed E-state index contributed by atoms with van der Waals surface area (Å²) in [5, 5.41) is 4.89. The lowest BCUT2D eigenvalue weighted by molar-refractivity contribution is -0.129. The molecule has 1 N–H and O–H groups in total. The number of pyridine rings is 1. The van der Waals surface area contributed by atoms with Gasteiger partial charge in [0.05, 0.1) is 12.0 Å². The van der Waals surface area contributed by atoms with Crippen molar-refractivity contribution in [2.45, 2.75) is 19.8 Å². The molecule has 0 bridgehead atoms. The van der Waals surface area contributed by atoms with Gasteiger partial charge in [0, 0.05) is 31.2 Å². The van der Waals surface area contributed by atoms with Gasteiger partial charge in [-0.3, -0.25) is 9.59 Å². The summed E-state index contributed by atoms with van der Waals surface area (Å²) in [6.45, 7) is 3.16. The van der Waals surface area contributed by atoms with Crippen LogP contribution in [0.2, 0.25) is 0 Å². The number of nitrogens with one attached hydrogen (secondary N) is 1. The van der Waals surface area contributed by atoms with Gasteiger partial charge in [0.25, 0.3) is 5.91 Å². The van der Waals surface area contributed by atoms with Crippen LogP contribution in [-0.2, 0) is 11.2 Å². The topological polar surface area (TPSA) is 71.5 Å². The molecule has 4 rings (SSSR count). The second kappa shape index (κ2) is 9.53. The Morgan fingerprint density at radius 3 is 2.84 bits per heavy atom. The molecule has 32 heavy (non-hydrogen) atoms. The third-order valence-corrected chi connectivity index (χ3v) is 6.83. The van der Waals surface area contributed by atoms with Crippen LogP contribution in [0.4, 0.5) is 0 Å². The van der Waals surface area contributed by atoms with Crippen molar-refractivity contribution in [2.24, 2.45) is 5.41 Å². The van der Waals surface area contributed by atoms with E-state index in [1.165, 1.54) is 4.88 Å². The molecule has 7 heteroatoms. The largest absolute Gasteiger partial charge is 0.477 e. The smallest absolute Gasteiger partial charge is 0.259 e. The van der Waals surface area contributed by atoms with Gasteiger partial charge in [0.2, 0.25) is 11.8 Å². The molecule has 6 nitrogen and oxygen atoms in total. The number of aromatic nitrogens is 1. The molecular weight excluding hydrogens is 422 g/mol. The van der Waals surface area contributed by atoms with E-state index < -0.39 is 5.41 Å². The van der Waals surface area contributed by atoms with Crippen molar-refractivity contribution in [3.63, 3.8) is 0 Å². The van der Waals surface area contributed by atoms with Crippen molar-refractivity contribution >= 4 is 23.2 Å². The molecule has 2 aromatic heterocycles. The average Bonchev–Trinajstić information content (AvgIpc) is 3.50. The van der Waals surface area contributed by atoms with Crippen molar-refractivity contribution in [1.82, 2.24) is 15.2 Å². The van der Waals surface area contributed by atoms with Crippen LogP contribution < -0.4 is 10.1 Å². The first kappa shape index (κ1) is 22.0. The third kappa shape index (κ3) is 4.39. The summed E-state index contributed by atoms with van der Waals surface area (Å²) in [7, 11) is 1.66.